The molecule has 2 heteroatoms. The van der Waals surface area contributed by atoms with Gasteiger partial charge in [-0.05, 0) is 37.5 Å². The molecule has 0 aliphatic heterocycles. The summed E-state index contributed by atoms with van der Waals surface area (Å²) in [5.41, 5.74) is 1.33. The first kappa shape index (κ1) is 11.9. The maximum absolute atomic E-state index is 5.89. The van der Waals surface area contributed by atoms with Crippen LogP contribution in [0.2, 0.25) is 5.02 Å². The molecule has 0 heterocycles. The maximum Gasteiger partial charge on any atom is 0.0406 e. The highest BCUT2D eigenvalue weighted by atomic mass is 35.5. The quantitative estimate of drug-likeness (QED) is 0.826. The van der Waals surface area contributed by atoms with Crippen molar-refractivity contribution in [2.24, 2.45) is 0 Å². The van der Waals surface area contributed by atoms with Gasteiger partial charge in [-0.2, -0.15) is 0 Å². The molecule has 1 aromatic carbocycles. The van der Waals surface area contributed by atoms with Gasteiger partial charge in [0.2, 0.25) is 0 Å². The van der Waals surface area contributed by atoms with Crippen LogP contribution in [0.4, 0.5) is 0 Å². The number of hydrogen-bond donors (Lipinski definition) is 1. The van der Waals surface area contributed by atoms with Crippen molar-refractivity contribution in [1.82, 2.24) is 5.32 Å². The molecule has 1 aliphatic carbocycles. The zero-order valence-electron chi connectivity index (χ0n) is 9.88. The van der Waals surface area contributed by atoms with E-state index in [0.717, 1.165) is 5.02 Å². The van der Waals surface area contributed by atoms with E-state index in [-0.39, 0.29) is 0 Å². The summed E-state index contributed by atoms with van der Waals surface area (Å²) in [6.45, 7) is 2.23. The van der Waals surface area contributed by atoms with Crippen molar-refractivity contribution >= 4 is 11.6 Å². The summed E-state index contributed by atoms with van der Waals surface area (Å²) in [4.78, 5) is 0. The van der Waals surface area contributed by atoms with Crippen molar-refractivity contribution in [2.75, 3.05) is 0 Å². The molecule has 0 radical (unpaired) electrons. The smallest absolute Gasteiger partial charge is 0.0406 e. The first-order chi connectivity index (χ1) is 7.75. The summed E-state index contributed by atoms with van der Waals surface area (Å²) in [6.07, 6.45) is 6.83. The lowest BCUT2D eigenvalue weighted by Gasteiger charge is -2.26. The average Bonchev–Trinajstić information content (AvgIpc) is 2.31. The van der Waals surface area contributed by atoms with Crippen LogP contribution in [0.3, 0.4) is 0 Å². The molecule has 1 aliphatic rings. The molecule has 0 unspecified atom stereocenters. The van der Waals surface area contributed by atoms with Crippen LogP contribution in [-0.4, -0.2) is 6.04 Å². The maximum atomic E-state index is 5.89. The average molecular weight is 238 g/mol. The van der Waals surface area contributed by atoms with Crippen LogP contribution in [0.1, 0.15) is 50.6 Å². The van der Waals surface area contributed by atoms with E-state index in [4.69, 9.17) is 11.6 Å². The van der Waals surface area contributed by atoms with Gasteiger partial charge in [0, 0.05) is 17.1 Å². The second-order valence-electron chi connectivity index (χ2n) is 4.77. The van der Waals surface area contributed by atoms with E-state index in [1.807, 2.05) is 12.1 Å². The van der Waals surface area contributed by atoms with Crippen LogP contribution < -0.4 is 5.32 Å². The van der Waals surface area contributed by atoms with E-state index < -0.39 is 0 Å². The summed E-state index contributed by atoms with van der Waals surface area (Å²) >= 11 is 5.89. The lowest BCUT2D eigenvalue weighted by molar-refractivity contribution is 0.347. The van der Waals surface area contributed by atoms with Gasteiger partial charge in [0.05, 0.1) is 0 Å². The van der Waals surface area contributed by atoms with Gasteiger partial charge in [-0.15, -0.1) is 0 Å². The number of hydrogen-bond acceptors (Lipinski definition) is 1. The first-order valence-corrected chi connectivity index (χ1v) is 6.65. The van der Waals surface area contributed by atoms with Crippen LogP contribution in [0.15, 0.2) is 24.3 Å². The first-order valence-electron chi connectivity index (χ1n) is 6.27. The van der Waals surface area contributed by atoms with E-state index in [9.17, 15) is 0 Å². The lowest BCUT2D eigenvalue weighted by atomic mass is 9.94. The van der Waals surface area contributed by atoms with Crippen LogP contribution in [0.25, 0.3) is 0 Å². The molecule has 1 fully saturated rings. The van der Waals surface area contributed by atoms with Crippen molar-refractivity contribution in [3.05, 3.63) is 34.9 Å². The predicted molar refractivity (Wildman–Crippen MR) is 69.9 cm³/mol. The Morgan fingerprint density at radius 3 is 2.38 bits per heavy atom. The van der Waals surface area contributed by atoms with Gasteiger partial charge in [0.15, 0.2) is 0 Å². The Balaban J connectivity index is 1.91. The zero-order chi connectivity index (χ0) is 11.4. The molecule has 1 saturated carbocycles. The minimum absolute atomic E-state index is 0.431. The number of nitrogens with one attached hydrogen (secondary N) is 1. The number of halogens is 1. The molecule has 0 saturated heterocycles. The van der Waals surface area contributed by atoms with Crippen molar-refractivity contribution in [3.63, 3.8) is 0 Å². The normalized spacial score (nSPS) is 19.6. The second-order valence-corrected chi connectivity index (χ2v) is 5.21. The molecule has 1 aromatic rings. The highest BCUT2D eigenvalue weighted by Gasteiger charge is 2.15. The molecule has 1 atom stereocenters. The van der Waals surface area contributed by atoms with Crippen molar-refractivity contribution in [2.45, 2.75) is 51.1 Å². The highest BCUT2D eigenvalue weighted by Crippen LogP contribution is 2.22. The van der Waals surface area contributed by atoms with Gasteiger partial charge in [0.25, 0.3) is 0 Å². The molecule has 88 valence electrons. The second kappa shape index (κ2) is 5.70. The summed E-state index contributed by atoms with van der Waals surface area (Å²) in [7, 11) is 0. The third-order valence-corrected chi connectivity index (χ3v) is 3.71. The van der Waals surface area contributed by atoms with Crippen LogP contribution in [0.5, 0.6) is 0 Å². The van der Waals surface area contributed by atoms with Crippen molar-refractivity contribution in [1.29, 1.82) is 0 Å². The van der Waals surface area contributed by atoms with Crippen molar-refractivity contribution in [3.8, 4) is 0 Å². The minimum Gasteiger partial charge on any atom is -0.307 e. The van der Waals surface area contributed by atoms with Crippen LogP contribution in [0, 0.1) is 0 Å². The fourth-order valence-electron chi connectivity index (χ4n) is 2.47. The predicted octanol–water partition coefficient (Wildman–Crippen LogP) is 4.32. The molecule has 16 heavy (non-hydrogen) atoms. The molecule has 0 amide bonds. The summed E-state index contributed by atoms with van der Waals surface area (Å²) in [5.74, 6) is 0. The summed E-state index contributed by atoms with van der Waals surface area (Å²) in [6, 6.07) is 9.30. The van der Waals surface area contributed by atoms with Crippen LogP contribution >= 0.6 is 11.6 Å². The SMILES string of the molecule is C[C@H](NC1CCCCC1)c1ccc(Cl)cc1. The van der Waals surface area contributed by atoms with Gasteiger partial charge in [-0.3, -0.25) is 0 Å². The Kier molecular flexibility index (Phi) is 4.25. The Bertz CT molecular complexity index is 314. The highest BCUT2D eigenvalue weighted by molar-refractivity contribution is 6.30. The Labute approximate surface area is 103 Å². The Morgan fingerprint density at radius 1 is 1.12 bits per heavy atom. The van der Waals surface area contributed by atoms with E-state index in [2.05, 4.69) is 24.4 Å². The van der Waals surface area contributed by atoms with Crippen molar-refractivity contribution < 1.29 is 0 Å². The molecule has 0 spiro atoms. The van der Waals surface area contributed by atoms with Gasteiger partial charge >= 0.3 is 0 Å². The minimum atomic E-state index is 0.431. The third kappa shape index (κ3) is 3.23. The monoisotopic (exact) mass is 237 g/mol. The van der Waals surface area contributed by atoms with Crippen LogP contribution in [-0.2, 0) is 0 Å². The van der Waals surface area contributed by atoms with Gasteiger partial charge < -0.3 is 5.32 Å². The summed E-state index contributed by atoms with van der Waals surface area (Å²) in [5, 5.41) is 4.53. The fourth-order valence-corrected chi connectivity index (χ4v) is 2.60. The van der Waals surface area contributed by atoms with E-state index >= 15 is 0 Å². The molecule has 0 aromatic heterocycles. The number of rotatable bonds is 3. The zero-order valence-corrected chi connectivity index (χ0v) is 10.6. The molecular formula is C14H20ClN. The topological polar surface area (TPSA) is 12.0 Å². The Hall–Kier alpha value is -0.530. The molecule has 2 rings (SSSR count). The molecule has 1 nitrogen and oxygen atoms in total. The van der Waals surface area contributed by atoms with E-state index in [0.29, 0.717) is 12.1 Å². The van der Waals surface area contributed by atoms with Gasteiger partial charge in [-0.25, -0.2) is 0 Å². The van der Waals surface area contributed by atoms with Gasteiger partial charge in [0.1, 0.15) is 0 Å². The fraction of sp³-hybridized carbons (Fsp3) is 0.571. The largest absolute Gasteiger partial charge is 0.307 e. The Morgan fingerprint density at radius 2 is 1.75 bits per heavy atom. The van der Waals surface area contributed by atoms with Gasteiger partial charge in [-0.1, -0.05) is 43.0 Å². The molecule has 1 N–H and O–H groups in total. The molecular weight excluding hydrogens is 218 g/mol. The lowest BCUT2D eigenvalue weighted by Crippen LogP contribution is -2.33. The third-order valence-electron chi connectivity index (χ3n) is 3.46. The standard InChI is InChI=1S/C14H20ClN/c1-11(12-7-9-13(15)10-8-12)16-14-5-3-2-4-6-14/h7-11,14,16H,2-6H2,1H3/t11-/m0/s1. The van der Waals surface area contributed by atoms with E-state index in [1.54, 1.807) is 0 Å². The number of benzene rings is 1. The van der Waals surface area contributed by atoms with E-state index in [1.165, 1.54) is 37.7 Å². The summed E-state index contributed by atoms with van der Waals surface area (Å²) < 4.78 is 0. The molecule has 0 bridgehead atoms.